The van der Waals surface area contributed by atoms with Crippen molar-refractivity contribution in [2.75, 3.05) is 17.7 Å². The lowest BCUT2D eigenvalue weighted by Gasteiger charge is -2.25. The summed E-state index contributed by atoms with van der Waals surface area (Å²) in [7, 11) is 1.55. The van der Waals surface area contributed by atoms with Crippen molar-refractivity contribution in [2.45, 2.75) is 63.7 Å². The fourth-order valence-electron chi connectivity index (χ4n) is 4.86. The van der Waals surface area contributed by atoms with Gasteiger partial charge in [0.1, 0.15) is 15.8 Å². The van der Waals surface area contributed by atoms with Gasteiger partial charge < -0.3 is 15.4 Å². The Morgan fingerprint density at radius 1 is 0.875 bits per heavy atom. The number of ether oxygens (including phenoxy) is 1. The topological polar surface area (TPSA) is 145 Å². The van der Waals surface area contributed by atoms with Crippen LogP contribution in [0.25, 0.3) is 0 Å². The SMILES string of the molecule is CCc1cccnc1CC(=O)Nc1nnc([C@H]2CCC[C@H](c3nnc(NC(=O)Cc4ncccc4OC)s3)C2)s1. The largest absolute Gasteiger partial charge is 0.495 e. The van der Waals surface area contributed by atoms with Gasteiger partial charge in [0.05, 0.1) is 31.3 Å². The third-order valence-corrected chi connectivity index (χ3v) is 8.84. The molecule has 1 aliphatic carbocycles. The standard InChI is InChI=1S/C27H30N8O3S2/c1-3-16-9-5-11-28-19(16)14-22(36)30-26-34-32-24(39-26)17-7-4-8-18(13-17)25-33-35-27(40-25)31-23(37)15-20-21(38-2)10-6-12-29-20/h5-6,9-12,17-18H,3-4,7-8,13-15H2,1-2H3,(H,30,34,36)(H,31,35,37)/t17-,18-/m0/s1. The van der Waals surface area contributed by atoms with Crippen LogP contribution in [0.2, 0.25) is 0 Å². The maximum absolute atomic E-state index is 12.6. The first-order valence-corrected chi connectivity index (χ1v) is 14.8. The van der Waals surface area contributed by atoms with Crippen molar-refractivity contribution in [1.29, 1.82) is 0 Å². The third-order valence-electron chi connectivity index (χ3n) is 6.84. The highest BCUT2D eigenvalue weighted by Gasteiger charge is 2.29. The van der Waals surface area contributed by atoms with Gasteiger partial charge in [-0.05, 0) is 49.4 Å². The molecule has 4 aromatic heterocycles. The van der Waals surface area contributed by atoms with Crippen molar-refractivity contribution >= 4 is 44.8 Å². The van der Waals surface area contributed by atoms with Gasteiger partial charge in [-0.3, -0.25) is 19.6 Å². The second kappa shape index (κ2) is 13.0. The molecule has 2 N–H and O–H groups in total. The fraction of sp³-hybridized carbons (Fsp3) is 0.407. The van der Waals surface area contributed by atoms with Crippen LogP contribution in [0.1, 0.15) is 71.4 Å². The molecule has 1 fully saturated rings. The summed E-state index contributed by atoms with van der Waals surface area (Å²) in [6.07, 6.45) is 8.34. The maximum Gasteiger partial charge on any atom is 0.232 e. The van der Waals surface area contributed by atoms with E-state index in [1.54, 1.807) is 31.6 Å². The van der Waals surface area contributed by atoms with Gasteiger partial charge in [-0.1, -0.05) is 42.1 Å². The summed E-state index contributed by atoms with van der Waals surface area (Å²) in [5, 5.41) is 25.7. The minimum atomic E-state index is -0.223. The Morgan fingerprint density at radius 2 is 1.45 bits per heavy atom. The van der Waals surface area contributed by atoms with Crippen molar-refractivity contribution in [2.24, 2.45) is 0 Å². The van der Waals surface area contributed by atoms with Crippen LogP contribution in [0.15, 0.2) is 36.7 Å². The number of nitrogens with zero attached hydrogens (tertiary/aromatic N) is 6. The van der Waals surface area contributed by atoms with Gasteiger partial charge >= 0.3 is 0 Å². The average molecular weight is 579 g/mol. The van der Waals surface area contributed by atoms with Crippen molar-refractivity contribution in [1.82, 2.24) is 30.4 Å². The first-order valence-electron chi connectivity index (χ1n) is 13.2. The molecule has 0 aliphatic heterocycles. The summed E-state index contributed by atoms with van der Waals surface area (Å²) in [6.45, 7) is 2.05. The molecule has 1 aliphatic rings. The molecule has 0 aromatic carbocycles. The van der Waals surface area contributed by atoms with Gasteiger partial charge in [-0.15, -0.1) is 20.4 Å². The van der Waals surface area contributed by atoms with E-state index in [9.17, 15) is 9.59 Å². The number of rotatable bonds is 10. The smallest absolute Gasteiger partial charge is 0.232 e. The van der Waals surface area contributed by atoms with Gasteiger partial charge in [0.25, 0.3) is 0 Å². The van der Waals surface area contributed by atoms with Crippen LogP contribution < -0.4 is 15.4 Å². The van der Waals surface area contributed by atoms with E-state index in [4.69, 9.17) is 4.74 Å². The van der Waals surface area contributed by atoms with Gasteiger partial charge in [-0.2, -0.15) is 0 Å². The molecule has 208 valence electrons. The van der Waals surface area contributed by atoms with Crippen LogP contribution in [0, 0.1) is 0 Å². The molecule has 4 aromatic rings. The average Bonchev–Trinajstić information content (AvgIpc) is 3.63. The molecule has 0 radical (unpaired) electrons. The Balaban J connectivity index is 1.16. The van der Waals surface area contributed by atoms with Crippen LogP contribution in [0.4, 0.5) is 10.3 Å². The zero-order valence-electron chi connectivity index (χ0n) is 22.3. The van der Waals surface area contributed by atoms with Crippen LogP contribution in [0.3, 0.4) is 0 Å². The molecular formula is C27H30N8O3S2. The van der Waals surface area contributed by atoms with E-state index < -0.39 is 0 Å². The van der Waals surface area contributed by atoms with E-state index in [0.29, 0.717) is 21.7 Å². The molecule has 0 unspecified atom stereocenters. The maximum atomic E-state index is 12.6. The minimum absolute atomic E-state index is 0.0853. The van der Waals surface area contributed by atoms with Gasteiger partial charge in [-0.25, -0.2) is 0 Å². The first-order chi connectivity index (χ1) is 19.5. The minimum Gasteiger partial charge on any atom is -0.495 e. The fourth-order valence-corrected chi connectivity index (χ4v) is 6.68. The summed E-state index contributed by atoms with van der Waals surface area (Å²) in [5.74, 6) is 0.641. The Hall–Kier alpha value is -3.84. The van der Waals surface area contributed by atoms with E-state index >= 15 is 0 Å². The second-order valence-electron chi connectivity index (χ2n) is 9.52. The number of aryl methyl sites for hydroxylation is 1. The van der Waals surface area contributed by atoms with E-state index in [1.807, 2.05) is 19.1 Å². The number of carbonyl (C=O) groups is 2. The monoisotopic (exact) mass is 578 g/mol. The molecule has 13 heteroatoms. The van der Waals surface area contributed by atoms with E-state index in [-0.39, 0.29) is 36.5 Å². The van der Waals surface area contributed by atoms with Gasteiger partial charge in [0.15, 0.2) is 0 Å². The predicted molar refractivity (Wildman–Crippen MR) is 153 cm³/mol. The van der Waals surface area contributed by atoms with Gasteiger partial charge in [0.2, 0.25) is 22.1 Å². The highest BCUT2D eigenvalue weighted by Crippen LogP contribution is 2.43. The molecule has 2 amide bonds. The molecule has 0 bridgehead atoms. The number of hydrogen-bond donors (Lipinski definition) is 2. The van der Waals surface area contributed by atoms with E-state index in [1.165, 1.54) is 22.7 Å². The molecule has 0 saturated heterocycles. The number of hydrogen-bond acceptors (Lipinski definition) is 11. The van der Waals surface area contributed by atoms with Crippen LogP contribution in [-0.2, 0) is 28.9 Å². The van der Waals surface area contributed by atoms with Crippen molar-refractivity contribution in [3.8, 4) is 5.75 Å². The Bertz CT molecular complexity index is 1370. The molecule has 4 heterocycles. The Labute approximate surface area is 239 Å². The Morgan fingerprint density at radius 3 is 2.05 bits per heavy atom. The predicted octanol–water partition coefficient (Wildman–Crippen LogP) is 4.55. The van der Waals surface area contributed by atoms with Crippen molar-refractivity contribution in [3.05, 3.63) is 63.6 Å². The first kappa shape index (κ1) is 27.7. The number of amides is 2. The van der Waals surface area contributed by atoms with Gasteiger partial charge in [0, 0.05) is 24.2 Å². The zero-order chi connectivity index (χ0) is 27.9. The molecule has 1 saturated carbocycles. The lowest BCUT2D eigenvalue weighted by atomic mass is 9.82. The number of methoxy groups -OCH3 is 1. The zero-order valence-corrected chi connectivity index (χ0v) is 23.9. The summed E-state index contributed by atoms with van der Waals surface area (Å²) in [5.41, 5.74) is 2.42. The highest BCUT2D eigenvalue weighted by atomic mass is 32.1. The summed E-state index contributed by atoms with van der Waals surface area (Å²) < 4.78 is 5.28. The number of nitrogens with one attached hydrogen (secondary N) is 2. The van der Waals surface area contributed by atoms with E-state index in [2.05, 4.69) is 41.0 Å². The Kier molecular flexibility index (Phi) is 9.01. The molecular weight excluding hydrogens is 548 g/mol. The number of aromatic nitrogens is 6. The third kappa shape index (κ3) is 6.83. The quantitative estimate of drug-likeness (QED) is 0.277. The summed E-state index contributed by atoms with van der Waals surface area (Å²) >= 11 is 2.82. The number of pyridine rings is 2. The molecule has 40 heavy (non-hydrogen) atoms. The molecule has 2 atom stereocenters. The lowest BCUT2D eigenvalue weighted by molar-refractivity contribution is -0.116. The lowest BCUT2D eigenvalue weighted by Crippen LogP contribution is -2.16. The summed E-state index contributed by atoms with van der Waals surface area (Å²) in [4.78, 5) is 33.8. The van der Waals surface area contributed by atoms with E-state index in [0.717, 1.165) is 53.4 Å². The van der Waals surface area contributed by atoms with Crippen molar-refractivity contribution in [3.63, 3.8) is 0 Å². The highest BCUT2D eigenvalue weighted by molar-refractivity contribution is 7.15. The molecule has 11 nitrogen and oxygen atoms in total. The molecule has 5 rings (SSSR count). The van der Waals surface area contributed by atoms with Crippen LogP contribution in [0.5, 0.6) is 5.75 Å². The second-order valence-corrected chi connectivity index (χ2v) is 11.5. The summed E-state index contributed by atoms with van der Waals surface area (Å²) in [6, 6.07) is 7.41. The normalized spacial score (nSPS) is 16.9. The molecule has 0 spiro atoms. The van der Waals surface area contributed by atoms with Crippen molar-refractivity contribution < 1.29 is 14.3 Å². The van der Waals surface area contributed by atoms with Crippen LogP contribution in [-0.4, -0.2) is 49.3 Å². The number of carbonyl (C=O) groups excluding carboxylic acids is 2. The number of anilines is 2. The van der Waals surface area contributed by atoms with Crippen LogP contribution >= 0.6 is 22.7 Å².